The summed E-state index contributed by atoms with van der Waals surface area (Å²) in [5.41, 5.74) is 4.35. The Hall–Kier alpha value is -3.60. The van der Waals surface area contributed by atoms with E-state index in [9.17, 15) is 10.0 Å². The first kappa shape index (κ1) is 17.3. The van der Waals surface area contributed by atoms with Gasteiger partial charge in [0, 0.05) is 10.8 Å². The molecule has 30 heavy (non-hydrogen) atoms. The SMILES string of the molecule is OB(O)c1c2ccccc2c(-c2ccc3c(c2)oc2ccccc23)c2ccccc12. The Morgan fingerprint density at radius 3 is 1.70 bits per heavy atom. The standard InChI is InChI=1S/C26H17BO3/c28-27(29)26-21-10-3-1-8-19(21)25(20-9-2-4-11-22(20)26)16-13-14-18-17-7-5-6-12-23(17)30-24(18)15-16/h1-15,28-29H. The number of hydrogen-bond donors (Lipinski definition) is 2. The van der Waals surface area contributed by atoms with E-state index >= 15 is 0 Å². The molecule has 0 aliphatic carbocycles. The molecular weight excluding hydrogens is 371 g/mol. The molecule has 0 bridgehead atoms. The predicted octanol–water partition coefficient (Wildman–Crippen LogP) is 5.24. The third kappa shape index (κ3) is 2.41. The highest BCUT2D eigenvalue weighted by Gasteiger charge is 2.22. The number of hydrogen-bond acceptors (Lipinski definition) is 3. The summed E-state index contributed by atoms with van der Waals surface area (Å²) in [6.07, 6.45) is 0. The summed E-state index contributed by atoms with van der Waals surface area (Å²) in [5, 5.41) is 26.1. The molecule has 0 amide bonds. The molecule has 1 aromatic heterocycles. The van der Waals surface area contributed by atoms with Gasteiger partial charge in [-0.2, -0.15) is 0 Å². The van der Waals surface area contributed by atoms with Gasteiger partial charge in [0.2, 0.25) is 0 Å². The smallest absolute Gasteiger partial charge is 0.456 e. The maximum Gasteiger partial charge on any atom is 0.489 e. The second-order valence-electron chi connectivity index (χ2n) is 7.56. The van der Waals surface area contributed by atoms with Crippen LogP contribution < -0.4 is 5.46 Å². The van der Waals surface area contributed by atoms with Crippen LogP contribution in [0.25, 0.3) is 54.6 Å². The largest absolute Gasteiger partial charge is 0.489 e. The zero-order valence-electron chi connectivity index (χ0n) is 16.0. The van der Waals surface area contributed by atoms with Crippen molar-refractivity contribution in [2.75, 3.05) is 0 Å². The zero-order valence-corrected chi connectivity index (χ0v) is 16.0. The summed E-state index contributed by atoms with van der Waals surface area (Å²) >= 11 is 0. The quantitative estimate of drug-likeness (QED) is 0.315. The Morgan fingerprint density at radius 1 is 0.533 bits per heavy atom. The number of furan rings is 1. The highest BCUT2D eigenvalue weighted by atomic mass is 16.4. The lowest BCUT2D eigenvalue weighted by molar-refractivity contribution is 0.426. The van der Waals surface area contributed by atoms with Crippen molar-refractivity contribution in [3.05, 3.63) is 91.0 Å². The first-order valence-corrected chi connectivity index (χ1v) is 9.93. The summed E-state index contributed by atoms with van der Waals surface area (Å²) in [7, 11) is -1.55. The molecule has 0 saturated heterocycles. The van der Waals surface area contributed by atoms with Crippen molar-refractivity contribution in [1.29, 1.82) is 0 Å². The van der Waals surface area contributed by atoms with Gasteiger partial charge in [0.1, 0.15) is 11.2 Å². The Balaban J connectivity index is 1.75. The summed E-state index contributed by atoms with van der Waals surface area (Å²) in [6.45, 7) is 0. The molecule has 2 N–H and O–H groups in total. The van der Waals surface area contributed by atoms with E-state index in [0.29, 0.717) is 5.46 Å². The first-order valence-electron chi connectivity index (χ1n) is 9.93. The molecule has 0 aliphatic heterocycles. The van der Waals surface area contributed by atoms with Gasteiger partial charge in [0.15, 0.2) is 0 Å². The van der Waals surface area contributed by atoms with Gasteiger partial charge in [-0.05, 0) is 56.3 Å². The average molecular weight is 388 g/mol. The fraction of sp³-hybridized carbons (Fsp3) is 0. The van der Waals surface area contributed by atoms with Gasteiger partial charge in [-0.15, -0.1) is 0 Å². The first-order chi connectivity index (χ1) is 14.7. The number of para-hydroxylation sites is 1. The second kappa shape index (κ2) is 6.46. The van der Waals surface area contributed by atoms with Crippen molar-refractivity contribution in [1.82, 2.24) is 0 Å². The van der Waals surface area contributed by atoms with Crippen LogP contribution in [0, 0.1) is 0 Å². The lowest BCUT2D eigenvalue weighted by Gasteiger charge is -2.16. The van der Waals surface area contributed by atoms with Crippen molar-refractivity contribution in [3.8, 4) is 11.1 Å². The topological polar surface area (TPSA) is 53.6 Å². The van der Waals surface area contributed by atoms with Crippen LogP contribution >= 0.6 is 0 Å². The molecule has 0 spiro atoms. The molecule has 5 aromatic carbocycles. The molecule has 4 heteroatoms. The van der Waals surface area contributed by atoms with Gasteiger partial charge in [0.25, 0.3) is 0 Å². The highest BCUT2D eigenvalue weighted by Crippen LogP contribution is 2.38. The van der Waals surface area contributed by atoms with Crippen LogP contribution in [-0.4, -0.2) is 17.2 Å². The van der Waals surface area contributed by atoms with Gasteiger partial charge in [-0.3, -0.25) is 0 Å². The van der Waals surface area contributed by atoms with E-state index in [-0.39, 0.29) is 0 Å². The fourth-order valence-corrected chi connectivity index (χ4v) is 4.63. The summed E-state index contributed by atoms with van der Waals surface area (Å²) in [6, 6.07) is 30.1. The minimum absolute atomic E-state index is 0.537. The van der Waals surface area contributed by atoms with E-state index in [2.05, 4.69) is 24.3 Å². The van der Waals surface area contributed by atoms with E-state index in [1.807, 2.05) is 66.7 Å². The van der Waals surface area contributed by atoms with Gasteiger partial charge in [-0.25, -0.2) is 0 Å². The summed E-state index contributed by atoms with van der Waals surface area (Å²) in [5.74, 6) is 0. The Kier molecular flexibility index (Phi) is 3.72. The Labute approximate surface area is 172 Å². The third-order valence-electron chi connectivity index (χ3n) is 5.90. The number of fused-ring (bicyclic) bond motifs is 5. The lowest BCUT2D eigenvalue weighted by atomic mass is 9.72. The molecule has 1 heterocycles. The summed E-state index contributed by atoms with van der Waals surface area (Å²) in [4.78, 5) is 0. The maximum atomic E-state index is 10.1. The summed E-state index contributed by atoms with van der Waals surface area (Å²) < 4.78 is 6.12. The van der Waals surface area contributed by atoms with Crippen molar-refractivity contribution >= 4 is 56.1 Å². The van der Waals surface area contributed by atoms with E-state index in [0.717, 1.165) is 54.6 Å². The Bertz CT molecular complexity index is 1520. The van der Waals surface area contributed by atoms with Gasteiger partial charge < -0.3 is 14.5 Å². The molecule has 0 atom stereocenters. The van der Waals surface area contributed by atoms with Crippen LogP contribution in [-0.2, 0) is 0 Å². The number of rotatable bonds is 2. The van der Waals surface area contributed by atoms with Crippen molar-refractivity contribution in [2.45, 2.75) is 0 Å². The normalized spacial score (nSPS) is 11.7. The Morgan fingerprint density at radius 2 is 1.07 bits per heavy atom. The van der Waals surface area contributed by atoms with Crippen LogP contribution in [0.15, 0.2) is 95.4 Å². The van der Waals surface area contributed by atoms with E-state index in [1.165, 1.54) is 0 Å². The van der Waals surface area contributed by atoms with Gasteiger partial charge >= 0.3 is 7.12 Å². The van der Waals surface area contributed by atoms with E-state index in [1.54, 1.807) is 0 Å². The average Bonchev–Trinajstić information content (AvgIpc) is 3.14. The van der Waals surface area contributed by atoms with Crippen LogP contribution in [0.5, 0.6) is 0 Å². The zero-order chi connectivity index (χ0) is 20.2. The van der Waals surface area contributed by atoms with Crippen molar-refractivity contribution < 1.29 is 14.5 Å². The number of benzene rings is 5. The minimum atomic E-state index is -1.55. The second-order valence-corrected chi connectivity index (χ2v) is 7.56. The van der Waals surface area contributed by atoms with Crippen LogP contribution in [0.1, 0.15) is 0 Å². The molecule has 0 saturated carbocycles. The van der Waals surface area contributed by atoms with Crippen LogP contribution in [0.4, 0.5) is 0 Å². The predicted molar refractivity (Wildman–Crippen MR) is 124 cm³/mol. The molecule has 6 rings (SSSR count). The van der Waals surface area contributed by atoms with Crippen LogP contribution in [0.2, 0.25) is 0 Å². The van der Waals surface area contributed by atoms with Crippen molar-refractivity contribution in [2.24, 2.45) is 0 Å². The molecule has 142 valence electrons. The molecule has 3 nitrogen and oxygen atoms in total. The minimum Gasteiger partial charge on any atom is -0.456 e. The molecule has 6 aromatic rings. The highest BCUT2D eigenvalue weighted by molar-refractivity contribution is 6.66. The molecule has 0 fully saturated rings. The lowest BCUT2D eigenvalue weighted by Crippen LogP contribution is -2.31. The monoisotopic (exact) mass is 388 g/mol. The third-order valence-corrected chi connectivity index (χ3v) is 5.90. The van der Waals surface area contributed by atoms with Gasteiger partial charge in [0.05, 0.1) is 0 Å². The molecule has 0 unspecified atom stereocenters. The maximum absolute atomic E-state index is 10.1. The van der Waals surface area contributed by atoms with Gasteiger partial charge in [-0.1, -0.05) is 72.8 Å². The van der Waals surface area contributed by atoms with E-state index < -0.39 is 7.12 Å². The van der Waals surface area contributed by atoms with Crippen LogP contribution in [0.3, 0.4) is 0 Å². The van der Waals surface area contributed by atoms with E-state index in [4.69, 9.17) is 4.42 Å². The molecule has 0 radical (unpaired) electrons. The van der Waals surface area contributed by atoms with Crippen molar-refractivity contribution in [3.63, 3.8) is 0 Å². The fourth-order valence-electron chi connectivity index (χ4n) is 4.63. The molecular formula is C26H17BO3. The molecule has 0 aliphatic rings.